The summed E-state index contributed by atoms with van der Waals surface area (Å²) in [7, 11) is 0. The van der Waals surface area contributed by atoms with E-state index in [0.29, 0.717) is 11.4 Å². The van der Waals surface area contributed by atoms with Crippen molar-refractivity contribution in [2.24, 2.45) is 0 Å². The Morgan fingerprint density at radius 2 is 1.26 bits per heavy atom. The highest BCUT2D eigenvalue weighted by atomic mass is 79.9. The first-order valence-electron chi connectivity index (χ1n) is 14.2. The van der Waals surface area contributed by atoms with Crippen LogP contribution in [0.1, 0.15) is 29.3 Å². The molecule has 1 aliphatic carbocycles. The second-order valence-corrected chi connectivity index (χ2v) is 19.3. The molecule has 0 N–H and O–H groups in total. The Morgan fingerprint density at radius 1 is 0.674 bits per heavy atom. The third-order valence-corrected chi connectivity index (χ3v) is 15.5. The average Bonchev–Trinajstić information content (AvgIpc) is 3.86. The van der Waals surface area contributed by atoms with Crippen LogP contribution in [0.3, 0.4) is 0 Å². The normalized spacial score (nSPS) is 19.6. The van der Waals surface area contributed by atoms with Crippen molar-refractivity contribution in [1.29, 1.82) is 0 Å². The van der Waals surface area contributed by atoms with Crippen LogP contribution in [-0.2, 0) is 20.4 Å². The lowest BCUT2D eigenvalue weighted by molar-refractivity contribution is -0.137. The Labute approximate surface area is 306 Å². The molecular formula is C36H24BrClO2S6. The first-order chi connectivity index (χ1) is 22.3. The fourth-order valence-electron chi connectivity index (χ4n) is 5.81. The molecule has 0 radical (unpaired) electrons. The third kappa shape index (κ3) is 6.14. The van der Waals surface area contributed by atoms with E-state index in [0.717, 1.165) is 47.8 Å². The van der Waals surface area contributed by atoms with Gasteiger partial charge in [0.2, 0.25) is 11.6 Å². The number of benzene rings is 3. The van der Waals surface area contributed by atoms with Gasteiger partial charge in [-0.2, -0.15) is 0 Å². The van der Waals surface area contributed by atoms with Gasteiger partial charge in [0.15, 0.2) is 0 Å². The van der Waals surface area contributed by atoms with Gasteiger partial charge in [0.05, 0.1) is 23.5 Å². The number of halogens is 2. The Morgan fingerprint density at radius 3 is 1.96 bits per heavy atom. The molecule has 46 heavy (non-hydrogen) atoms. The van der Waals surface area contributed by atoms with Crippen molar-refractivity contribution >= 4 is 108 Å². The first kappa shape index (κ1) is 32.5. The number of ketones is 2. The molecule has 3 heterocycles. The molecule has 1 aliphatic rings. The van der Waals surface area contributed by atoms with Crippen LogP contribution in [0.2, 0.25) is 5.02 Å². The molecule has 0 unspecified atom stereocenters. The molecule has 10 heteroatoms. The summed E-state index contributed by atoms with van der Waals surface area (Å²) in [4.78, 5) is 33.4. The molecular weight excluding hydrogens is 772 g/mol. The zero-order valence-corrected chi connectivity index (χ0v) is 31.4. The summed E-state index contributed by atoms with van der Waals surface area (Å²) in [6.07, 6.45) is 0.368. The lowest BCUT2D eigenvalue weighted by Gasteiger charge is -2.30. The highest BCUT2D eigenvalue weighted by molar-refractivity contribution is 9.10. The molecule has 3 aromatic carbocycles. The number of carbonyl (C=O) groups excluding carboxylic acids is 2. The van der Waals surface area contributed by atoms with Gasteiger partial charge in [-0.3, -0.25) is 9.59 Å². The minimum atomic E-state index is -1.11. The Bertz CT molecular complexity index is 2030. The summed E-state index contributed by atoms with van der Waals surface area (Å²) >= 11 is 19.4. The Hall–Kier alpha value is -2.08. The summed E-state index contributed by atoms with van der Waals surface area (Å²) in [5, 5.41) is 4.77. The van der Waals surface area contributed by atoms with Crippen LogP contribution in [0.5, 0.6) is 0 Å². The lowest BCUT2D eigenvalue weighted by Crippen LogP contribution is -2.34. The zero-order chi connectivity index (χ0) is 31.9. The second kappa shape index (κ2) is 13.4. The predicted octanol–water partition coefficient (Wildman–Crippen LogP) is 12.5. The smallest absolute Gasteiger partial charge is 0.215 e. The van der Waals surface area contributed by atoms with E-state index in [2.05, 4.69) is 58.4 Å². The highest BCUT2D eigenvalue weighted by Gasteiger charge is 2.63. The minimum absolute atomic E-state index is 0.327. The maximum absolute atomic E-state index is 14.8. The number of thiophene rings is 3. The molecule has 0 amide bonds. The van der Waals surface area contributed by atoms with Crippen molar-refractivity contribution in [3.8, 4) is 0 Å². The molecule has 1 fully saturated rings. The maximum atomic E-state index is 14.8. The van der Waals surface area contributed by atoms with Gasteiger partial charge in [0.1, 0.15) is 0 Å². The molecule has 0 aliphatic heterocycles. The fraction of sp³-hybridized carbons (Fsp3) is 0.111. The fourth-order valence-corrected chi connectivity index (χ4v) is 13.0. The van der Waals surface area contributed by atoms with E-state index >= 15 is 0 Å². The molecule has 6 aromatic rings. The van der Waals surface area contributed by atoms with Gasteiger partial charge in [-0.15, -0.1) is 34.0 Å². The Balaban J connectivity index is 1.33. The van der Waals surface area contributed by atoms with Crippen molar-refractivity contribution in [2.45, 2.75) is 51.5 Å². The van der Waals surface area contributed by atoms with E-state index in [1.165, 1.54) is 0 Å². The molecule has 7 rings (SSSR count). The molecule has 230 valence electrons. The molecule has 2 atom stereocenters. The van der Waals surface area contributed by atoms with E-state index in [1.54, 1.807) is 69.3 Å². The van der Waals surface area contributed by atoms with Gasteiger partial charge < -0.3 is 0 Å². The third-order valence-electron chi connectivity index (χ3n) is 8.04. The van der Waals surface area contributed by atoms with E-state index in [1.807, 2.05) is 78.3 Å². The molecule has 2 nitrogen and oxygen atoms in total. The number of Topliss-reactive ketones (excluding diaryl/α,β-unsaturated/α-hetero) is 2. The van der Waals surface area contributed by atoms with Gasteiger partial charge in [0, 0.05) is 29.1 Å². The van der Waals surface area contributed by atoms with Crippen molar-refractivity contribution in [3.63, 3.8) is 0 Å². The van der Waals surface area contributed by atoms with E-state index < -0.39 is 10.8 Å². The highest BCUT2D eigenvalue weighted by Crippen LogP contribution is 2.58. The zero-order valence-electron chi connectivity index (χ0n) is 24.2. The molecule has 0 saturated heterocycles. The van der Waals surface area contributed by atoms with Crippen LogP contribution < -0.4 is 0 Å². The van der Waals surface area contributed by atoms with Crippen LogP contribution in [0, 0.1) is 0 Å². The van der Waals surface area contributed by atoms with E-state index in [9.17, 15) is 9.59 Å². The number of carbonyl (C=O) groups is 2. The standard InChI is InChI=1S/C36H24BrClO2S6/c1-35(27-17-19-41-33(27)44-24-5-3-2-4-6-24)21-36(32(40)31(35)39,28-18-20-42-34(28)45-26-11-7-22(37)8-12-26)29-15-16-30(46-29)43-25-13-9-23(38)10-14-25/h2-20H,21H2,1H3/t35-,36+/m0/s1. The minimum Gasteiger partial charge on any atom is -0.290 e. The van der Waals surface area contributed by atoms with Gasteiger partial charge in [-0.25, -0.2) is 0 Å². The average molecular weight is 796 g/mol. The van der Waals surface area contributed by atoms with Crippen molar-refractivity contribution in [1.82, 2.24) is 0 Å². The maximum Gasteiger partial charge on any atom is 0.215 e. The van der Waals surface area contributed by atoms with Crippen LogP contribution >= 0.6 is 96.8 Å². The van der Waals surface area contributed by atoms with Crippen LogP contribution in [0.15, 0.2) is 146 Å². The van der Waals surface area contributed by atoms with Gasteiger partial charge in [-0.1, -0.05) is 81.0 Å². The summed E-state index contributed by atoms with van der Waals surface area (Å²) < 4.78 is 4.14. The SMILES string of the molecule is C[C@@]1(c2ccsc2Sc2ccccc2)C[C@](c2ccc(Sc3ccc(Cl)cc3)s2)(c2ccsc2Sc2ccc(Br)cc2)C(=O)C1=O. The molecule has 3 aromatic heterocycles. The van der Waals surface area contributed by atoms with Crippen molar-refractivity contribution in [2.75, 3.05) is 0 Å². The van der Waals surface area contributed by atoms with Gasteiger partial charge in [-0.05, 0) is 120 Å². The second-order valence-electron chi connectivity index (χ2n) is 11.0. The summed E-state index contributed by atoms with van der Waals surface area (Å²) in [6.45, 7) is 1.97. The van der Waals surface area contributed by atoms with Crippen molar-refractivity contribution < 1.29 is 9.59 Å². The molecule has 0 bridgehead atoms. The Kier molecular flexibility index (Phi) is 9.48. The molecule has 0 spiro atoms. The summed E-state index contributed by atoms with van der Waals surface area (Å²) in [5.74, 6) is -0.662. The first-order valence-corrected chi connectivity index (χ1v) is 20.4. The number of hydrogen-bond donors (Lipinski definition) is 0. The van der Waals surface area contributed by atoms with E-state index in [-0.39, 0.29) is 11.6 Å². The number of rotatable bonds is 9. The van der Waals surface area contributed by atoms with Crippen LogP contribution in [-0.4, -0.2) is 11.6 Å². The summed E-state index contributed by atoms with van der Waals surface area (Å²) in [6, 6.07) is 34.4. The largest absolute Gasteiger partial charge is 0.290 e. The molecule has 1 saturated carbocycles. The number of hydrogen-bond acceptors (Lipinski definition) is 8. The quantitative estimate of drug-likeness (QED) is 0.136. The van der Waals surface area contributed by atoms with Crippen LogP contribution in [0.4, 0.5) is 0 Å². The van der Waals surface area contributed by atoms with E-state index in [4.69, 9.17) is 11.6 Å². The lowest BCUT2D eigenvalue weighted by atomic mass is 9.73. The predicted molar refractivity (Wildman–Crippen MR) is 200 cm³/mol. The topological polar surface area (TPSA) is 34.1 Å². The monoisotopic (exact) mass is 794 g/mol. The van der Waals surface area contributed by atoms with Gasteiger partial charge in [0.25, 0.3) is 0 Å². The van der Waals surface area contributed by atoms with Crippen molar-refractivity contribution in [3.05, 3.63) is 139 Å². The van der Waals surface area contributed by atoms with Gasteiger partial charge >= 0.3 is 0 Å². The van der Waals surface area contributed by atoms with Crippen LogP contribution in [0.25, 0.3) is 0 Å². The summed E-state index contributed by atoms with van der Waals surface area (Å²) in [5.41, 5.74) is -0.256.